The lowest BCUT2D eigenvalue weighted by Crippen LogP contribution is -2.11. The number of hydrogen-bond donors (Lipinski definition) is 2. The summed E-state index contributed by atoms with van der Waals surface area (Å²) in [4.78, 5) is 0. The van der Waals surface area contributed by atoms with Crippen molar-refractivity contribution in [2.24, 2.45) is 5.73 Å². The molecule has 0 aliphatic heterocycles. The molecule has 0 aromatic heterocycles. The molecule has 0 aliphatic carbocycles. The van der Waals surface area contributed by atoms with E-state index in [9.17, 15) is 8.78 Å². The lowest BCUT2D eigenvalue weighted by atomic mass is 10.2. The first-order chi connectivity index (χ1) is 7.15. The fourth-order valence-electron chi connectivity index (χ4n) is 1.09. The molecule has 0 amide bonds. The van der Waals surface area contributed by atoms with Crippen molar-refractivity contribution in [2.45, 2.75) is 19.9 Å². The molecule has 0 fully saturated rings. The number of nitrogens with one attached hydrogen (secondary N) is 1. The van der Waals surface area contributed by atoms with Crippen LogP contribution in [-0.2, 0) is 6.54 Å². The number of hydrogen-bond acceptors (Lipinski definition) is 2. The fraction of sp³-hybridized carbons (Fsp3) is 0.273. The van der Waals surface area contributed by atoms with Gasteiger partial charge in [0.15, 0.2) is 0 Å². The Balaban J connectivity index is 2.65. The van der Waals surface area contributed by atoms with Crippen LogP contribution in [0.1, 0.15) is 18.9 Å². The molecule has 0 atom stereocenters. The van der Waals surface area contributed by atoms with Gasteiger partial charge in [-0.1, -0.05) is 13.0 Å². The van der Waals surface area contributed by atoms with Gasteiger partial charge in [0.25, 0.3) is 0 Å². The average molecular weight is 212 g/mol. The monoisotopic (exact) mass is 212 g/mol. The summed E-state index contributed by atoms with van der Waals surface area (Å²) in [6, 6.07) is 3.80. The first-order valence-corrected chi connectivity index (χ1v) is 4.76. The first-order valence-electron chi connectivity index (χ1n) is 4.76. The van der Waals surface area contributed by atoms with E-state index in [4.69, 9.17) is 5.73 Å². The van der Waals surface area contributed by atoms with E-state index >= 15 is 0 Å². The van der Waals surface area contributed by atoms with Crippen molar-refractivity contribution in [3.63, 3.8) is 0 Å². The van der Waals surface area contributed by atoms with Crippen molar-refractivity contribution in [3.8, 4) is 0 Å². The van der Waals surface area contributed by atoms with Crippen LogP contribution in [0.15, 0.2) is 30.1 Å². The quantitative estimate of drug-likeness (QED) is 0.803. The lowest BCUT2D eigenvalue weighted by molar-refractivity contribution is 0.548. The molecule has 0 radical (unpaired) electrons. The van der Waals surface area contributed by atoms with E-state index in [0.29, 0.717) is 12.1 Å². The molecule has 0 saturated carbocycles. The zero-order chi connectivity index (χ0) is 11.3. The van der Waals surface area contributed by atoms with Crippen molar-refractivity contribution in [3.05, 3.63) is 47.3 Å². The van der Waals surface area contributed by atoms with Crippen LogP contribution in [0.5, 0.6) is 0 Å². The maximum atomic E-state index is 13.1. The van der Waals surface area contributed by atoms with Crippen molar-refractivity contribution in [1.29, 1.82) is 0 Å². The Labute approximate surface area is 87.8 Å². The highest BCUT2D eigenvalue weighted by atomic mass is 19.1. The molecule has 0 saturated heterocycles. The zero-order valence-electron chi connectivity index (χ0n) is 8.56. The first kappa shape index (κ1) is 11.5. The molecule has 1 rings (SSSR count). The molecule has 3 N–H and O–H groups in total. The van der Waals surface area contributed by atoms with E-state index in [1.165, 1.54) is 18.2 Å². The molecule has 0 heterocycles. The van der Waals surface area contributed by atoms with Gasteiger partial charge in [0.2, 0.25) is 0 Å². The summed E-state index contributed by atoms with van der Waals surface area (Å²) in [5.41, 5.74) is 6.20. The number of benzene rings is 1. The SMILES string of the molecule is CC/C(N)=C/NCc1c(F)cccc1F. The number of nitrogens with two attached hydrogens (primary N) is 1. The van der Waals surface area contributed by atoms with Crippen LogP contribution < -0.4 is 11.1 Å². The molecule has 0 aliphatic rings. The smallest absolute Gasteiger partial charge is 0.131 e. The van der Waals surface area contributed by atoms with E-state index in [1.807, 2.05) is 6.92 Å². The third-order valence-electron chi connectivity index (χ3n) is 2.04. The second-order valence-electron chi connectivity index (χ2n) is 3.15. The Kier molecular flexibility index (Phi) is 4.09. The van der Waals surface area contributed by atoms with E-state index in [1.54, 1.807) is 6.20 Å². The minimum absolute atomic E-state index is 0.0256. The van der Waals surface area contributed by atoms with Gasteiger partial charge < -0.3 is 11.1 Å². The predicted molar refractivity (Wildman–Crippen MR) is 55.8 cm³/mol. The normalized spacial score (nSPS) is 11.5. The van der Waals surface area contributed by atoms with Crippen LogP contribution in [0, 0.1) is 11.6 Å². The van der Waals surface area contributed by atoms with Crippen LogP contribution in [0.25, 0.3) is 0 Å². The summed E-state index contributed by atoms with van der Waals surface area (Å²) in [5.74, 6) is -1.10. The number of allylic oxidation sites excluding steroid dienone is 1. The second kappa shape index (κ2) is 5.34. The van der Waals surface area contributed by atoms with Crippen LogP contribution in [0.4, 0.5) is 8.78 Å². The molecular weight excluding hydrogens is 198 g/mol. The van der Waals surface area contributed by atoms with Gasteiger partial charge in [-0.05, 0) is 18.6 Å². The Morgan fingerprint density at radius 2 is 2.00 bits per heavy atom. The highest BCUT2D eigenvalue weighted by molar-refractivity contribution is 5.19. The standard InChI is InChI=1S/C11H14F2N2/c1-2-8(14)6-15-7-9-10(12)4-3-5-11(9)13/h3-6,15H,2,7,14H2,1H3/b8-6-. The van der Waals surface area contributed by atoms with Crippen LogP contribution >= 0.6 is 0 Å². The fourth-order valence-corrected chi connectivity index (χ4v) is 1.09. The summed E-state index contributed by atoms with van der Waals surface area (Å²) in [6.45, 7) is 2.00. The van der Waals surface area contributed by atoms with Gasteiger partial charge in [0.1, 0.15) is 11.6 Å². The van der Waals surface area contributed by atoms with Crippen molar-refractivity contribution in [2.75, 3.05) is 0 Å². The third kappa shape index (κ3) is 3.23. The van der Waals surface area contributed by atoms with Crippen molar-refractivity contribution in [1.82, 2.24) is 5.32 Å². The molecule has 82 valence electrons. The summed E-state index contributed by atoms with van der Waals surface area (Å²) in [7, 11) is 0. The second-order valence-corrected chi connectivity index (χ2v) is 3.15. The highest BCUT2D eigenvalue weighted by Gasteiger charge is 2.06. The molecule has 0 spiro atoms. The summed E-state index contributed by atoms with van der Waals surface area (Å²) in [6.07, 6.45) is 2.26. The Bertz CT molecular complexity index is 341. The number of halogens is 2. The minimum atomic E-state index is -0.550. The maximum Gasteiger partial charge on any atom is 0.131 e. The Morgan fingerprint density at radius 1 is 1.40 bits per heavy atom. The van der Waals surface area contributed by atoms with Gasteiger partial charge in [0.05, 0.1) is 0 Å². The van der Waals surface area contributed by atoms with E-state index in [0.717, 1.165) is 0 Å². The lowest BCUT2D eigenvalue weighted by Gasteiger charge is -2.05. The molecule has 1 aromatic carbocycles. The highest BCUT2D eigenvalue weighted by Crippen LogP contribution is 2.11. The van der Waals surface area contributed by atoms with Crippen molar-refractivity contribution >= 4 is 0 Å². The van der Waals surface area contributed by atoms with E-state index < -0.39 is 11.6 Å². The molecule has 15 heavy (non-hydrogen) atoms. The van der Waals surface area contributed by atoms with Crippen LogP contribution in [-0.4, -0.2) is 0 Å². The van der Waals surface area contributed by atoms with Gasteiger partial charge in [-0.2, -0.15) is 0 Å². The molecule has 1 aromatic rings. The molecular formula is C11H14F2N2. The van der Waals surface area contributed by atoms with Crippen molar-refractivity contribution < 1.29 is 8.78 Å². The topological polar surface area (TPSA) is 38.0 Å². The van der Waals surface area contributed by atoms with E-state index in [-0.39, 0.29) is 12.1 Å². The average Bonchev–Trinajstić information content (AvgIpc) is 2.22. The van der Waals surface area contributed by atoms with Gasteiger partial charge in [-0.15, -0.1) is 0 Å². The summed E-state index contributed by atoms with van der Waals surface area (Å²) < 4.78 is 26.2. The molecule has 4 heteroatoms. The molecule has 2 nitrogen and oxygen atoms in total. The maximum absolute atomic E-state index is 13.1. The van der Waals surface area contributed by atoms with E-state index in [2.05, 4.69) is 5.32 Å². The minimum Gasteiger partial charge on any atom is -0.401 e. The Morgan fingerprint density at radius 3 is 2.53 bits per heavy atom. The summed E-state index contributed by atoms with van der Waals surface area (Å²) in [5, 5.41) is 2.77. The van der Waals surface area contributed by atoms with Crippen LogP contribution in [0.3, 0.4) is 0 Å². The predicted octanol–water partition coefficient (Wildman–Crippen LogP) is 2.26. The van der Waals surface area contributed by atoms with Crippen LogP contribution in [0.2, 0.25) is 0 Å². The largest absolute Gasteiger partial charge is 0.401 e. The molecule has 0 unspecified atom stereocenters. The number of rotatable bonds is 4. The molecule has 0 bridgehead atoms. The van der Waals surface area contributed by atoms with Gasteiger partial charge in [-0.25, -0.2) is 8.78 Å². The van der Waals surface area contributed by atoms with Gasteiger partial charge in [-0.3, -0.25) is 0 Å². The Hall–Kier alpha value is -1.58. The van der Waals surface area contributed by atoms with Gasteiger partial charge in [0, 0.05) is 24.0 Å². The van der Waals surface area contributed by atoms with Gasteiger partial charge >= 0.3 is 0 Å². The third-order valence-corrected chi connectivity index (χ3v) is 2.04. The zero-order valence-corrected chi connectivity index (χ0v) is 8.56. The summed E-state index contributed by atoms with van der Waals surface area (Å²) >= 11 is 0.